The van der Waals surface area contributed by atoms with Gasteiger partial charge in [0.2, 0.25) is 21.8 Å². The molecule has 0 aliphatic rings. The van der Waals surface area contributed by atoms with Crippen molar-refractivity contribution in [2.45, 2.75) is 72.0 Å². The molecule has 0 aliphatic carbocycles. The molecule has 0 saturated heterocycles. The number of aryl methyl sites for hydroxylation is 1. The summed E-state index contributed by atoms with van der Waals surface area (Å²) in [5.74, 6) is -0.362. The lowest BCUT2D eigenvalue weighted by Gasteiger charge is -2.32. The van der Waals surface area contributed by atoms with Crippen LogP contribution in [0, 0.1) is 6.92 Å². The van der Waals surface area contributed by atoms with Crippen LogP contribution in [0.25, 0.3) is 0 Å². The summed E-state index contributed by atoms with van der Waals surface area (Å²) in [4.78, 5) is 28.2. The molecule has 0 fully saturated rings. The van der Waals surface area contributed by atoms with Crippen molar-refractivity contribution in [2.75, 3.05) is 17.1 Å². The van der Waals surface area contributed by atoms with E-state index in [9.17, 15) is 18.0 Å². The van der Waals surface area contributed by atoms with Gasteiger partial charge >= 0.3 is 0 Å². The van der Waals surface area contributed by atoms with Crippen LogP contribution >= 0.6 is 11.6 Å². The van der Waals surface area contributed by atoms with Crippen molar-refractivity contribution in [1.29, 1.82) is 0 Å². The molecule has 0 radical (unpaired) electrons. The number of benzene rings is 2. The normalized spacial score (nSPS) is 13.1. The van der Waals surface area contributed by atoms with E-state index < -0.39 is 16.1 Å². The molecular formula is C27H38ClN3O4S. The maximum atomic E-state index is 13.5. The number of hydrogen-bond acceptors (Lipinski definition) is 4. The van der Waals surface area contributed by atoms with Crippen LogP contribution in [0.2, 0.25) is 5.02 Å². The summed E-state index contributed by atoms with van der Waals surface area (Å²) >= 11 is 5.95. The number of sulfonamides is 1. The Balaban J connectivity index is 2.22. The second kappa shape index (κ2) is 13.7. The highest BCUT2D eigenvalue weighted by Gasteiger charge is 2.29. The predicted molar refractivity (Wildman–Crippen MR) is 147 cm³/mol. The Morgan fingerprint density at radius 2 is 1.72 bits per heavy atom. The zero-order valence-corrected chi connectivity index (χ0v) is 23.4. The van der Waals surface area contributed by atoms with E-state index in [1.807, 2.05) is 52.0 Å². The van der Waals surface area contributed by atoms with Crippen LogP contribution in [0.1, 0.15) is 57.6 Å². The van der Waals surface area contributed by atoms with Crippen molar-refractivity contribution in [3.8, 4) is 0 Å². The van der Waals surface area contributed by atoms with Crippen LogP contribution in [0.3, 0.4) is 0 Å². The predicted octanol–water partition coefficient (Wildman–Crippen LogP) is 4.92. The number of carbonyl (C=O) groups is 2. The molecule has 0 heterocycles. The maximum Gasteiger partial charge on any atom is 0.243 e. The first-order chi connectivity index (χ1) is 17.0. The average molecular weight is 536 g/mol. The minimum absolute atomic E-state index is 0.00478. The molecule has 9 heteroatoms. The van der Waals surface area contributed by atoms with E-state index in [0.717, 1.165) is 23.8 Å². The molecule has 0 aromatic heterocycles. The molecule has 2 aromatic rings. The smallest absolute Gasteiger partial charge is 0.243 e. The molecule has 0 unspecified atom stereocenters. The molecule has 2 aromatic carbocycles. The minimum Gasteiger partial charge on any atom is -0.352 e. The monoisotopic (exact) mass is 535 g/mol. The van der Waals surface area contributed by atoms with E-state index in [4.69, 9.17) is 11.6 Å². The SMILES string of the molecule is CC[C@@H](C)NC(=O)[C@H](CC)N(Cc1cccc(C)c1)C(=O)CCCN(c1ccc(Cl)cc1)S(C)(=O)=O. The number of hydrogen-bond donors (Lipinski definition) is 1. The van der Waals surface area contributed by atoms with Crippen LogP contribution in [-0.4, -0.2) is 50.0 Å². The second-order valence-corrected chi connectivity index (χ2v) is 11.5. The molecule has 0 saturated carbocycles. The van der Waals surface area contributed by atoms with Crippen molar-refractivity contribution in [1.82, 2.24) is 10.2 Å². The summed E-state index contributed by atoms with van der Waals surface area (Å²) in [7, 11) is -3.55. The van der Waals surface area contributed by atoms with E-state index >= 15 is 0 Å². The first-order valence-electron chi connectivity index (χ1n) is 12.3. The van der Waals surface area contributed by atoms with E-state index in [1.165, 1.54) is 4.31 Å². The topological polar surface area (TPSA) is 86.8 Å². The number of carbonyl (C=O) groups excluding carboxylic acids is 2. The Kier molecular flexibility index (Phi) is 11.2. The van der Waals surface area contributed by atoms with Crippen LogP contribution < -0.4 is 9.62 Å². The quantitative estimate of drug-likeness (QED) is 0.394. The summed E-state index contributed by atoms with van der Waals surface area (Å²) in [5, 5.41) is 3.51. The number of anilines is 1. The molecule has 198 valence electrons. The molecule has 0 bridgehead atoms. The lowest BCUT2D eigenvalue weighted by molar-refractivity contribution is -0.141. The van der Waals surface area contributed by atoms with Gasteiger partial charge in [-0.1, -0.05) is 55.3 Å². The van der Waals surface area contributed by atoms with Gasteiger partial charge in [0.25, 0.3) is 0 Å². The highest BCUT2D eigenvalue weighted by molar-refractivity contribution is 7.92. The Hall–Kier alpha value is -2.58. The van der Waals surface area contributed by atoms with Crippen LogP contribution in [0.15, 0.2) is 48.5 Å². The van der Waals surface area contributed by atoms with Gasteiger partial charge in [-0.3, -0.25) is 13.9 Å². The molecule has 1 N–H and O–H groups in total. The van der Waals surface area contributed by atoms with E-state index in [-0.39, 0.29) is 30.8 Å². The van der Waals surface area contributed by atoms with Crippen molar-refractivity contribution in [3.63, 3.8) is 0 Å². The van der Waals surface area contributed by atoms with Crippen molar-refractivity contribution in [3.05, 3.63) is 64.7 Å². The highest BCUT2D eigenvalue weighted by Crippen LogP contribution is 2.22. The van der Waals surface area contributed by atoms with Crippen molar-refractivity contribution < 1.29 is 18.0 Å². The third-order valence-electron chi connectivity index (χ3n) is 6.09. The van der Waals surface area contributed by atoms with Gasteiger partial charge in [0.1, 0.15) is 6.04 Å². The Bertz CT molecular complexity index is 1120. The van der Waals surface area contributed by atoms with Crippen LogP contribution in [0.5, 0.6) is 0 Å². The number of rotatable bonds is 13. The summed E-state index contributed by atoms with van der Waals surface area (Å²) in [5.41, 5.74) is 2.51. The Morgan fingerprint density at radius 1 is 1.06 bits per heavy atom. The lowest BCUT2D eigenvalue weighted by Crippen LogP contribution is -2.50. The van der Waals surface area contributed by atoms with Gasteiger partial charge in [-0.2, -0.15) is 0 Å². The fourth-order valence-corrected chi connectivity index (χ4v) is 5.07. The Labute approximate surface area is 220 Å². The van der Waals surface area contributed by atoms with Gasteiger partial charge in [0.05, 0.1) is 11.9 Å². The van der Waals surface area contributed by atoms with Gasteiger partial charge in [-0.15, -0.1) is 0 Å². The summed E-state index contributed by atoms with van der Waals surface area (Å²) in [6.07, 6.45) is 2.82. The standard InChI is InChI=1S/C27H38ClN3O4S/c1-6-21(4)29-27(33)25(7-2)30(19-22-11-8-10-20(3)18-22)26(32)12-9-17-31(36(5,34)35)24-15-13-23(28)14-16-24/h8,10-11,13-16,18,21,25H,6-7,9,12,17,19H2,1-5H3,(H,29,33)/t21-,25+/m1/s1. The third-order valence-corrected chi connectivity index (χ3v) is 7.54. The van der Waals surface area contributed by atoms with Crippen LogP contribution in [0.4, 0.5) is 5.69 Å². The number of nitrogens with zero attached hydrogens (tertiary/aromatic N) is 2. The zero-order chi connectivity index (χ0) is 26.9. The molecule has 36 heavy (non-hydrogen) atoms. The van der Waals surface area contributed by atoms with Gasteiger partial charge < -0.3 is 10.2 Å². The number of amides is 2. The van der Waals surface area contributed by atoms with Gasteiger partial charge in [0.15, 0.2) is 0 Å². The molecule has 0 spiro atoms. The van der Waals surface area contributed by atoms with E-state index in [0.29, 0.717) is 30.1 Å². The van der Waals surface area contributed by atoms with Gasteiger partial charge in [0, 0.05) is 30.6 Å². The third kappa shape index (κ3) is 8.82. The van der Waals surface area contributed by atoms with Gasteiger partial charge in [-0.25, -0.2) is 8.42 Å². The highest BCUT2D eigenvalue weighted by atomic mass is 35.5. The fraction of sp³-hybridized carbons (Fsp3) is 0.481. The summed E-state index contributed by atoms with van der Waals surface area (Å²) < 4.78 is 26.1. The molecule has 0 aliphatic heterocycles. The number of halogens is 1. The summed E-state index contributed by atoms with van der Waals surface area (Å²) in [6.45, 7) is 8.26. The molecule has 7 nitrogen and oxygen atoms in total. The van der Waals surface area contributed by atoms with Crippen molar-refractivity contribution in [2.24, 2.45) is 0 Å². The molecule has 2 atom stereocenters. The molecule has 2 amide bonds. The van der Waals surface area contributed by atoms with Crippen molar-refractivity contribution >= 4 is 39.1 Å². The summed E-state index contributed by atoms with van der Waals surface area (Å²) in [6, 6.07) is 13.8. The zero-order valence-electron chi connectivity index (χ0n) is 21.8. The van der Waals surface area contributed by atoms with E-state index in [1.54, 1.807) is 29.2 Å². The molecule has 2 rings (SSSR count). The minimum atomic E-state index is -3.55. The fourth-order valence-electron chi connectivity index (χ4n) is 3.98. The van der Waals surface area contributed by atoms with Gasteiger partial charge in [-0.05, 0) is 62.9 Å². The average Bonchev–Trinajstić information content (AvgIpc) is 2.81. The first kappa shape index (κ1) is 29.6. The van der Waals surface area contributed by atoms with Crippen LogP contribution in [-0.2, 0) is 26.2 Å². The maximum absolute atomic E-state index is 13.5. The van der Waals surface area contributed by atoms with E-state index in [2.05, 4.69) is 5.32 Å². The lowest BCUT2D eigenvalue weighted by atomic mass is 10.1. The Morgan fingerprint density at radius 3 is 2.28 bits per heavy atom. The molecular weight excluding hydrogens is 498 g/mol. The first-order valence-corrected chi connectivity index (χ1v) is 14.6. The second-order valence-electron chi connectivity index (χ2n) is 9.17. The largest absolute Gasteiger partial charge is 0.352 e. The number of nitrogens with one attached hydrogen (secondary N) is 1.